The second-order valence-corrected chi connectivity index (χ2v) is 7.89. The number of aryl methyl sites for hydroxylation is 1. The van der Waals surface area contributed by atoms with Gasteiger partial charge in [-0.25, -0.2) is 0 Å². The van der Waals surface area contributed by atoms with E-state index < -0.39 is 0 Å². The van der Waals surface area contributed by atoms with Gasteiger partial charge >= 0.3 is 0 Å². The first-order valence-corrected chi connectivity index (χ1v) is 8.72. The molecule has 0 radical (unpaired) electrons. The van der Waals surface area contributed by atoms with Gasteiger partial charge in [-0.05, 0) is 44.2 Å². The minimum Gasteiger partial charge on any atom is -0.496 e. The van der Waals surface area contributed by atoms with Crippen LogP contribution in [0.3, 0.4) is 0 Å². The molecule has 2 aromatic rings. The van der Waals surface area contributed by atoms with Crippen molar-refractivity contribution in [3.8, 4) is 5.75 Å². The first-order valence-electron chi connectivity index (χ1n) is 6.36. The standard InChI is InChI=1S/C15H16BrCl2NOS/c1-7-5-10(16)8(2)12(14(7)20-4)13(19-3)9-6-11(17)21-15(9)18/h5-6,13,19H,1-4H3. The first-order chi connectivity index (χ1) is 9.90. The number of benzene rings is 1. The van der Waals surface area contributed by atoms with Crippen molar-refractivity contribution in [3.05, 3.63) is 47.5 Å². The zero-order chi connectivity index (χ0) is 15.7. The molecule has 1 N–H and O–H groups in total. The number of rotatable bonds is 4. The minimum atomic E-state index is -0.0765. The molecule has 0 spiro atoms. The van der Waals surface area contributed by atoms with E-state index in [4.69, 9.17) is 27.9 Å². The molecular weight excluding hydrogens is 393 g/mol. The van der Waals surface area contributed by atoms with Crippen molar-refractivity contribution < 1.29 is 4.74 Å². The van der Waals surface area contributed by atoms with E-state index >= 15 is 0 Å². The van der Waals surface area contributed by atoms with Gasteiger partial charge in [-0.1, -0.05) is 39.1 Å². The Morgan fingerprint density at radius 1 is 1.29 bits per heavy atom. The lowest BCUT2D eigenvalue weighted by molar-refractivity contribution is 0.401. The summed E-state index contributed by atoms with van der Waals surface area (Å²) in [5, 5.41) is 3.32. The molecule has 0 aliphatic heterocycles. The number of hydrogen-bond acceptors (Lipinski definition) is 3. The summed E-state index contributed by atoms with van der Waals surface area (Å²) in [7, 11) is 3.59. The Hall–Kier alpha value is -0.260. The minimum absolute atomic E-state index is 0.0765. The summed E-state index contributed by atoms with van der Waals surface area (Å²) < 4.78 is 8.05. The first kappa shape index (κ1) is 17.1. The van der Waals surface area contributed by atoms with Crippen LogP contribution >= 0.6 is 50.5 Å². The molecule has 0 aliphatic rings. The molecular formula is C15H16BrCl2NOS. The molecule has 0 amide bonds. The van der Waals surface area contributed by atoms with E-state index in [0.29, 0.717) is 8.67 Å². The summed E-state index contributed by atoms with van der Waals surface area (Å²) in [4.78, 5) is 0. The van der Waals surface area contributed by atoms with E-state index in [2.05, 4.69) is 34.2 Å². The van der Waals surface area contributed by atoms with E-state index in [1.54, 1.807) is 7.11 Å². The van der Waals surface area contributed by atoms with Gasteiger partial charge in [0.25, 0.3) is 0 Å². The number of halogens is 3. The van der Waals surface area contributed by atoms with Gasteiger partial charge in [0.05, 0.1) is 21.8 Å². The second-order valence-electron chi connectivity index (χ2n) is 4.75. The summed E-state index contributed by atoms with van der Waals surface area (Å²) in [5.74, 6) is 0.869. The van der Waals surface area contributed by atoms with Crippen molar-refractivity contribution in [1.29, 1.82) is 0 Å². The lowest BCUT2D eigenvalue weighted by atomic mass is 9.93. The van der Waals surface area contributed by atoms with E-state index in [0.717, 1.165) is 32.5 Å². The van der Waals surface area contributed by atoms with Gasteiger partial charge in [0, 0.05) is 15.6 Å². The van der Waals surface area contributed by atoms with Crippen molar-refractivity contribution in [2.24, 2.45) is 0 Å². The molecule has 0 bridgehead atoms. The lowest BCUT2D eigenvalue weighted by Gasteiger charge is -2.23. The van der Waals surface area contributed by atoms with Crippen molar-refractivity contribution in [2.75, 3.05) is 14.2 Å². The topological polar surface area (TPSA) is 21.3 Å². The maximum Gasteiger partial charge on any atom is 0.127 e. The molecule has 6 heteroatoms. The summed E-state index contributed by atoms with van der Waals surface area (Å²) in [5.41, 5.74) is 4.23. The number of ether oxygens (including phenoxy) is 1. The number of methoxy groups -OCH3 is 1. The van der Waals surface area contributed by atoms with Gasteiger partial charge in [-0.2, -0.15) is 0 Å². The normalized spacial score (nSPS) is 12.5. The molecule has 1 heterocycles. The largest absolute Gasteiger partial charge is 0.496 e. The van der Waals surface area contributed by atoms with Crippen LogP contribution in [0.2, 0.25) is 8.67 Å². The maximum absolute atomic E-state index is 6.34. The molecule has 21 heavy (non-hydrogen) atoms. The average molecular weight is 409 g/mol. The molecule has 0 saturated carbocycles. The van der Waals surface area contributed by atoms with Gasteiger partial charge < -0.3 is 10.1 Å². The third-order valence-electron chi connectivity index (χ3n) is 3.48. The van der Waals surface area contributed by atoms with Gasteiger partial charge in [0.15, 0.2) is 0 Å². The van der Waals surface area contributed by atoms with Crippen LogP contribution in [0.1, 0.15) is 28.3 Å². The Labute approximate surface area is 147 Å². The maximum atomic E-state index is 6.34. The van der Waals surface area contributed by atoms with Crippen molar-refractivity contribution in [3.63, 3.8) is 0 Å². The summed E-state index contributed by atoms with van der Waals surface area (Å²) in [6.07, 6.45) is 0. The smallest absolute Gasteiger partial charge is 0.127 e. The highest BCUT2D eigenvalue weighted by Crippen LogP contribution is 2.43. The Kier molecular flexibility index (Phi) is 5.60. The third kappa shape index (κ3) is 3.25. The highest BCUT2D eigenvalue weighted by Gasteiger charge is 2.25. The summed E-state index contributed by atoms with van der Waals surface area (Å²) in [6, 6.07) is 3.89. The summed E-state index contributed by atoms with van der Waals surface area (Å²) in [6.45, 7) is 4.09. The van der Waals surface area contributed by atoms with Crippen molar-refractivity contribution in [2.45, 2.75) is 19.9 Å². The predicted octanol–water partition coefficient (Wildman–Crippen LogP) is 5.75. The van der Waals surface area contributed by atoms with E-state index in [-0.39, 0.29) is 6.04 Å². The highest BCUT2D eigenvalue weighted by atomic mass is 79.9. The monoisotopic (exact) mass is 407 g/mol. The lowest BCUT2D eigenvalue weighted by Crippen LogP contribution is -2.20. The number of thiophene rings is 1. The van der Waals surface area contributed by atoms with Crippen LogP contribution in [0, 0.1) is 13.8 Å². The van der Waals surface area contributed by atoms with Crippen molar-refractivity contribution >= 4 is 50.5 Å². The van der Waals surface area contributed by atoms with E-state index in [9.17, 15) is 0 Å². The molecule has 1 unspecified atom stereocenters. The second kappa shape index (κ2) is 6.88. The number of nitrogens with one attached hydrogen (secondary N) is 1. The Morgan fingerprint density at radius 2 is 1.95 bits per heavy atom. The SMILES string of the molecule is CNC(c1cc(Cl)sc1Cl)c1c(C)c(Br)cc(C)c1OC. The van der Waals surface area contributed by atoms with Crippen LogP contribution in [0.5, 0.6) is 5.75 Å². The van der Waals surface area contributed by atoms with Gasteiger partial charge in [-0.3, -0.25) is 0 Å². The molecule has 2 nitrogen and oxygen atoms in total. The molecule has 2 rings (SSSR count). The van der Waals surface area contributed by atoms with Crippen LogP contribution in [-0.2, 0) is 0 Å². The van der Waals surface area contributed by atoms with Crippen LogP contribution in [-0.4, -0.2) is 14.2 Å². The molecule has 0 aliphatic carbocycles. The predicted molar refractivity (Wildman–Crippen MR) is 95.4 cm³/mol. The number of hydrogen-bond donors (Lipinski definition) is 1. The third-order valence-corrected chi connectivity index (χ3v) is 5.83. The average Bonchev–Trinajstić information content (AvgIpc) is 2.75. The van der Waals surface area contributed by atoms with Gasteiger partial charge in [0.1, 0.15) is 5.75 Å². The fourth-order valence-electron chi connectivity index (χ4n) is 2.50. The van der Waals surface area contributed by atoms with Crippen LogP contribution in [0.15, 0.2) is 16.6 Å². The van der Waals surface area contributed by atoms with Crippen molar-refractivity contribution in [1.82, 2.24) is 5.32 Å². The fraction of sp³-hybridized carbons (Fsp3) is 0.333. The fourth-order valence-corrected chi connectivity index (χ4v) is 4.59. The van der Waals surface area contributed by atoms with Crippen LogP contribution < -0.4 is 10.1 Å². The molecule has 1 aromatic heterocycles. The molecule has 0 saturated heterocycles. The highest BCUT2D eigenvalue weighted by molar-refractivity contribution is 9.10. The Morgan fingerprint density at radius 3 is 2.43 bits per heavy atom. The Bertz CT molecular complexity index is 672. The van der Waals surface area contributed by atoms with E-state index in [1.807, 2.05) is 20.0 Å². The zero-order valence-electron chi connectivity index (χ0n) is 12.2. The summed E-state index contributed by atoms with van der Waals surface area (Å²) >= 11 is 17.4. The molecule has 114 valence electrons. The molecule has 1 atom stereocenters. The molecule has 1 aromatic carbocycles. The van der Waals surface area contributed by atoms with Crippen LogP contribution in [0.25, 0.3) is 0 Å². The molecule has 0 fully saturated rings. The zero-order valence-corrected chi connectivity index (χ0v) is 16.1. The Balaban J connectivity index is 2.70. The van der Waals surface area contributed by atoms with E-state index in [1.165, 1.54) is 11.3 Å². The quantitative estimate of drug-likeness (QED) is 0.694. The van der Waals surface area contributed by atoms with Crippen LogP contribution in [0.4, 0.5) is 0 Å². The van der Waals surface area contributed by atoms with Gasteiger partial charge in [0.2, 0.25) is 0 Å². The van der Waals surface area contributed by atoms with Gasteiger partial charge in [-0.15, -0.1) is 11.3 Å².